The van der Waals surface area contributed by atoms with Crippen molar-refractivity contribution in [2.75, 3.05) is 4.90 Å². The molecule has 1 aliphatic heterocycles. The van der Waals surface area contributed by atoms with E-state index in [1.54, 1.807) is 17.4 Å². The Morgan fingerprint density at radius 2 is 1.28 bits per heavy atom. The summed E-state index contributed by atoms with van der Waals surface area (Å²) >= 11 is 1.71. The Bertz CT molecular complexity index is 3100. The lowest BCUT2D eigenvalue weighted by molar-refractivity contribution is 0.0696. The van der Waals surface area contributed by atoms with Gasteiger partial charge in [-0.15, -0.1) is 11.3 Å². The molecular formula is C54H37NO4S. The molecule has 7 aromatic carbocycles. The Balaban J connectivity index is 0.887. The lowest BCUT2D eigenvalue weighted by Crippen LogP contribution is -2.26. The van der Waals surface area contributed by atoms with E-state index in [0.29, 0.717) is 12.0 Å². The van der Waals surface area contributed by atoms with Gasteiger partial charge in [-0.3, -0.25) is 9.59 Å². The number of carboxylic acid groups (broad SMARTS) is 1. The van der Waals surface area contributed by atoms with Crippen LogP contribution < -0.4 is 4.90 Å². The summed E-state index contributed by atoms with van der Waals surface area (Å²) < 4.78 is 2.26. The number of carbonyl (C=O) groups is 3. The normalized spacial score (nSPS) is 17.3. The van der Waals surface area contributed by atoms with E-state index in [-0.39, 0.29) is 28.0 Å². The molecule has 6 heteroatoms. The molecular weight excluding hydrogens is 759 g/mol. The zero-order chi connectivity index (χ0) is 40.5. The molecule has 0 radical (unpaired) electrons. The molecule has 5 nitrogen and oxygen atoms in total. The Kier molecular flexibility index (Phi) is 8.57. The monoisotopic (exact) mass is 795 g/mol. The minimum absolute atomic E-state index is 0.0138. The van der Waals surface area contributed by atoms with Crippen molar-refractivity contribution in [3.8, 4) is 11.1 Å². The van der Waals surface area contributed by atoms with E-state index in [0.717, 1.165) is 27.6 Å². The van der Waals surface area contributed by atoms with Crippen molar-refractivity contribution in [3.05, 3.63) is 208 Å². The maximum atomic E-state index is 13.3. The topological polar surface area (TPSA) is 74.7 Å². The summed E-state index contributed by atoms with van der Waals surface area (Å²) in [6.07, 6.45) is 7.46. The number of carbonyl (C=O) groups excluding carboxylic acids is 2. The standard InChI is InChI=1S/C54H37NO4S/c56-52-43-23-19-38(54(58)59)30-46(43)53(57)47(52)27-33-16-22-41-42-24-21-39(31-51(42)60-50(41)28-33)55-48-13-7-12-40(48)45-29-37(20-25-49(45)55)34-17-14-32(15-18-34)26-44(35-8-3-1-4-9-35)36-10-5-2-6-11-36/h1-6,8-11,14-31,40,48H,7,12-13H2,(H,58,59)/b47-27+. The summed E-state index contributed by atoms with van der Waals surface area (Å²) in [5.74, 6) is -1.47. The molecule has 1 N–H and O–H groups in total. The van der Waals surface area contributed by atoms with Crippen LogP contribution in [0.1, 0.15) is 84.1 Å². The van der Waals surface area contributed by atoms with Crippen LogP contribution in [0.3, 0.4) is 0 Å². The maximum absolute atomic E-state index is 13.3. The molecule has 288 valence electrons. The summed E-state index contributed by atoms with van der Waals surface area (Å²) in [7, 11) is 0. The first kappa shape index (κ1) is 36.0. The van der Waals surface area contributed by atoms with Gasteiger partial charge in [0.25, 0.3) is 0 Å². The highest BCUT2D eigenvalue weighted by Gasteiger charge is 2.42. The largest absolute Gasteiger partial charge is 0.478 e. The van der Waals surface area contributed by atoms with Crippen LogP contribution in [0.4, 0.5) is 11.4 Å². The molecule has 0 amide bonds. The van der Waals surface area contributed by atoms with Gasteiger partial charge in [0.15, 0.2) is 11.6 Å². The number of Topliss-reactive ketones (excluding diaryl/α,β-unsaturated/α-hetero) is 2. The minimum atomic E-state index is -1.14. The highest BCUT2D eigenvalue weighted by molar-refractivity contribution is 7.25. The third-order valence-corrected chi connectivity index (χ3v) is 13.7. The fourth-order valence-corrected chi connectivity index (χ4v) is 10.8. The summed E-state index contributed by atoms with van der Waals surface area (Å²) in [6, 6.07) is 54.5. The van der Waals surface area contributed by atoms with Crippen LogP contribution in [0.5, 0.6) is 0 Å². The number of fused-ring (bicyclic) bond motifs is 7. The molecule has 60 heavy (non-hydrogen) atoms. The average molecular weight is 796 g/mol. The van der Waals surface area contributed by atoms with Crippen LogP contribution in [-0.4, -0.2) is 28.7 Å². The van der Waals surface area contributed by atoms with Crippen molar-refractivity contribution in [1.29, 1.82) is 0 Å². The maximum Gasteiger partial charge on any atom is 0.335 e. The lowest BCUT2D eigenvalue weighted by Gasteiger charge is -2.27. The lowest BCUT2D eigenvalue weighted by atomic mass is 9.93. The number of rotatable bonds is 7. The average Bonchev–Trinajstić information content (AvgIpc) is 4.04. The molecule has 0 spiro atoms. The third kappa shape index (κ3) is 6.02. The highest BCUT2D eigenvalue weighted by atomic mass is 32.1. The van der Waals surface area contributed by atoms with Gasteiger partial charge in [-0.05, 0) is 118 Å². The van der Waals surface area contributed by atoms with Gasteiger partial charge >= 0.3 is 5.97 Å². The first-order chi connectivity index (χ1) is 29.4. The number of benzene rings is 7. The number of aromatic carboxylic acids is 1. The Morgan fingerprint density at radius 1 is 0.617 bits per heavy atom. The fourth-order valence-electron chi connectivity index (χ4n) is 9.66. The predicted molar refractivity (Wildman–Crippen MR) is 244 cm³/mol. The molecule has 2 aliphatic carbocycles. The van der Waals surface area contributed by atoms with Gasteiger partial charge in [-0.1, -0.05) is 116 Å². The second kappa shape index (κ2) is 14.3. The fraction of sp³-hybridized carbons (Fsp3) is 0.0926. The number of hydrogen-bond donors (Lipinski definition) is 1. The number of ketones is 2. The van der Waals surface area contributed by atoms with Gasteiger partial charge in [0.2, 0.25) is 0 Å². The summed E-state index contributed by atoms with van der Waals surface area (Å²) in [4.78, 5) is 40.5. The zero-order valence-electron chi connectivity index (χ0n) is 32.5. The molecule has 3 aliphatic rings. The predicted octanol–water partition coefficient (Wildman–Crippen LogP) is 13.3. The minimum Gasteiger partial charge on any atom is -0.478 e. The quantitative estimate of drug-likeness (QED) is 0.0988. The molecule has 2 heterocycles. The van der Waals surface area contributed by atoms with Crippen molar-refractivity contribution in [2.24, 2.45) is 0 Å². The molecule has 1 fully saturated rings. The molecule has 11 rings (SSSR count). The van der Waals surface area contributed by atoms with Crippen LogP contribution in [0, 0.1) is 0 Å². The number of allylic oxidation sites excluding steroid dienone is 1. The molecule has 0 bridgehead atoms. The van der Waals surface area contributed by atoms with Crippen molar-refractivity contribution < 1.29 is 19.5 Å². The number of thiophene rings is 1. The summed E-state index contributed by atoms with van der Waals surface area (Å²) in [6.45, 7) is 0. The second-order valence-electron chi connectivity index (χ2n) is 16.0. The molecule has 1 aromatic heterocycles. The second-order valence-corrected chi connectivity index (χ2v) is 17.1. The number of nitrogens with zero attached hydrogens (tertiary/aromatic N) is 1. The van der Waals surface area contributed by atoms with E-state index < -0.39 is 11.8 Å². The van der Waals surface area contributed by atoms with E-state index in [9.17, 15) is 19.5 Å². The van der Waals surface area contributed by atoms with E-state index in [2.05, 4.69) is 138 Å². The molecule has 2 atom stereocenters. The van der Waals surface area contributed by atoms with E-state index in [1.165, 1.54) is 85.9 Å². The van der Waals surface area contributed by atoms with Crippen LogP contribution >= 0.6 is 11.3 Å². The zero-order valence-corrected chi connectivity index (χ0v) is 33.3. The van der Waals surface area contributed by atoms with Gasteiger partial charge in [0, 0.05) is 54.6 Å². The summed E-state index contributed by atoms with van der Waals surface area (Å²) in [5.41, 5.74) is 12.3. The highest BCUT2D eigenvalue weighted by Crippen LogP contribution is 2.54. The number of hydrogen-bond acceptors (Lipinski definition) is 5. The van der Waals surface area contributed by atoms with Gasteiger partial charge in [-0.25, -0.2) is 4.79 Å². The van der Waals surface area contributed by atoms with Crippen LogP contribution in [0.2, 0.25) is 0 Å². The first-order valence-electron chi connectivity index (χ1n) is 20.4. The van der Waals surface area contributed by atoms with Crippen molar-refractivity contribution >= 4 is 78.1 Å². The van der Waals surface area contributed by atoms with E-state index in [4.69, 9.17) is 0 Å². The Morgan fingerprint density at radius 3 is 2.02 bits per heavy atom. The van der Waals surface area contributed by atoms with Crippen molar-refractivity contribution in [3.63, 3.8) is 0 Å². The van der Waals surface area contributed by atoms with Gasteiger partial charge in [0.05, 0.1) is 11.1 Å². The van der Waals surface area contributed by atoms with Gasteiger partial charge < -0.3 is 10.0 Å². The van der Waals surface area contributed by atoms with E-state index >= 15 is 0 Å². The van der Waals surface area contributed by atoms with Crippen LogP contribution in [0.25, 0.3) is 49.0 Å². The summed E-state index contributed by atoms with van der Waals surface area (Å²) in [5, 5.41) is 11.7. The molecule has 2 unspecified atom stereocenters. The number of anilines is 2. The van der Waals surface area contributed by atoms with Crippen LogP contribution in [0.15, 0.2) is 163 Å². The third-order valence-electron chi connectivity index (χ3n) is 12.5. The number of carboxylic acids is 1. The van der Waals surface area contributed by atoms with Gasteiger partial charge in [-0.2, -0.15) is 0 Å². The Hall–Kier alpha value is -7.15. The van der Waals surface area contributed by atoms with Gasteiger partial charge in [0.1, 0.15) is 0 Å². The van der Waals surface area contributed by atoms with Crippen molar-refractivity contribution in [1.82, 2.24) is 0 Å². The molecule has 0 saturated heterocycles. The Labute approximate surface area is 351 Å². The smallest absolute Gasteiger partial charge is 0.335 e. The first-order valence-corrected chi connectivity index (χ1v) is 21.2. The van der Waals surface area contributed by atoms with Crippen LogP contribution in [-0.2, 0) is 0 Å². The van der Waals surface area contributed by atoms with E-state index in [1.807, 2.05) is 12.1 Å². The SMILES string of the molecule is O=C(O)c1ccc2c(c1)C(=O)/C(=C/c1ccc3c(c1)sc1cc(N4c5ccc(-c6ccc(C=C(c7ccccc7)c7ccccc7)cc6)cc5C5CCCC54)ccc13)C2=O. The molecule has 8 aromatic rings. The molecule has 1 saturated carbocycles. The van der Waals surface area contributed by atoms with Crippen molar-refractivity contribution in [2.45, 2.75) is 31.2 Å².